The van der Waals surface area contributed by atoms with Gasteiger partial charge in [-0.3, -0.25) is 14.5 Å². The Morgan fingerprint density at radius 2 is 1.91 bits per heavy atom. The van der Waals surface area contributed by atoms with E-state index in [1.165, 1.54) is 5.56 Å². The van der Waals surface area contributed by atoms with E-state index >= 15 is 0 Å². The lowest BCUT2D eigenvalue weighted by molar-refractivity contribution is -0.124. The Kier molecular flexibility index (Phi) is 6.59. The lowest BCUT2D eigenvalue weighted by Gasteiger charge is -2.30. The summed E-state index contributed by atoms with van der Waals surface area (Å²) in [6.45, 7) is 4.72. The summed E-state index contributed by atoms with van der Waals surface area (Å²) in [5.74, 6) is 0.150. The van der Waals surface area contributed by atoms with Crippen LogP contribution in [0.25, 0.3) is 0 Å². The van der Waals surface area contributed by atoms with Gasteiger partial charge in [0.2, 0.25) is 11.8 Å². The van der Waals surface area contributed by atoms with E-state index in [-0.39, 0.29) is 17.7 Å². The van der Waals surface area contributed by atoms with Crippen LogP contribution in [0.5, 0.6) is 0 Å². The fourth-order valence-electron chi connectivity index (χ4n) is 3.09. The SMILES string of the molecule is CC[C@H](CNC(=O)CN1CCC(C(N)=O)CC1)c1ccccc1. The van der Waals surface area contributed by atoms with Crippen LogP contribution < -0.4 is 11.1 Å². The summed E-state index contributed by atoms with van der Waals surface area (Å²) in [6.07, 6.45) is 2.50. The Labute approximate surface area is 138 Å². The van der Waals surface area contributed by atoms with Crippen molar-refractivity contribution in [1.29, 1.82) is 0 Å². The number of carbonyl (C=O) groups is 2. The molecule has 0 radical (unpaired) electrons. The molecule has 2 rings (SSSR count). The summed E-state index contributed by atoms with van der Waals surface area (Å²) in [4.78, 5) is 25.4. The summed E-state index contributed by atoms with van der Waals surface area (Å²) in [5, 5.41) is 3.04. The Balaban J connectivity index is 1.74. The standard InChI is InChI=1S/C18H27N3O2/c1-2-14(15-6-4-3-5-7-15)12-20-17(22)13-21-10-8-16(9-11-21)18(19)23/h3-7,14,16H,2,8-13H2,1H3,(H2,19,23)(H,20,22)/t14-/m1/s1. The number of likely N-dealkylation sites (tertiary alicyclic amines) is 1. The average molecular weight is 317 g/mol. The highest BCUT2D eigenvalue weighted by molar-refractivity contribution is 5.78. The third kappa shape index (κ3) is 5.36. The maximum absolute atomic E-state index is 12.1. The molecule has 2 amide bonds. The molecule has 1 aromatic rings. The first kappa shape index (κ1) is 17.5. The molecule has 126 valence electrons. The van der Waals surface area contributed by atoms with Crippen molar-refractivity contribution in [1.82, 2.24) is 10.2 Å². The van der Waals surface area contributed by atoms with Gasteiger partial charge in [0.25, 0.3) is 0 Å². The first-order chi connectivity index (χ1) is 11.1. The molecule has 3 N–H and O–H groups in total. The molecule has 1 aliphatic rings. The van der Waals surface area contributed by atoms with Gasteiger partial charge in [0, 0.05) is 18.4 Å². The summed E-state index contributed by atoms with van der Waals surface area (Å²) in [5.41, 5.74) is 6.59. The van der Waals surface area contributed by atoms with E-state index in [9.17, 15) is 9.59 Å². The molecule has 1 aliphatic heterocycles. The zero-order chi connectivity index (χ0) is 16.7. The molecule has 0 aromatic heterocycles. The van der Waals surface area contributed by atoms with Crippen molar-refractivity contribution < 1.29 is 9.59 Å². The van der Waals surface area contributed by atoms with Crippen LogP contribution in [0.4, 0.5) is 0 Å². The van der Waals surface area contributed by atoms with Crippen molar-refractivity contribution in [3.63, 3.8) is 0 Å². The van der Waals surface area contributed by atoms with E-state index < -0.39 is 0 Å². The molecule has 1 atom stereocenters. The quantitative estimate of drug-likeness (QED) is 0.800. The van der Waals surface area contributed by atoms with Gasteiger partial charge in [-0.2, -0.15) is 0 Å². The first-order valence-electron chi connectivity index (χ1n) is 8.43. The summed E-state index contributed by atoms with van der Waals surface area (Å²) >= 11 is 0. The molecule has 0 bridgehead atoms. The fraction of sp³-hybridized carbons (Fsp3) is 0.556. The Morgan fingerprint density at radius 1 is 1.26 bits per heavy atom. The molecule has 1 fully saturated rings. The first-order valence-corrected chi connectivity index (χ1v) is 8.43. The molecule has 5 nitrogen and oxygen atoms in total. The van der Waals surface area contributed by atoms with Crippen LogP contribution in [-0.2, 0) is 9.59 Å². The van der Waals surface area contributed by atoms with Crippen LogP contribution in [0.1, 0.15) is 37.7 Å². The maximum Gasteiger partial charge on any atom is 0.234 e. The topological polar surface area (TPSA) is 75.4 Å². The molecule has 0 spiro atoms. The lowest BCUT2D eigenvalue weighted by atomic mass is 9.96. The Bertz CT molecular complexity index is 510. The van der Waals surface area contributed by atoms with Gasteiger partial charge in [-0.15, -0.1) is 0 Å². The minimum absolute atomic E-state index is 0.0307. The third-order valence-electron chi connectivity index (χ3n) is 4.67. The van der Waals surface area contributed by atoms with Gasteiger partial charge in [0.15, 0.2) is 0 Å². The molecule has 23 heavy (non-hydrogen) atoms. The Morgan fingerprint density at radius 3 is 2.48 bits per heavy atom. The van der Waals surface area contributed by atoms with Crippen molar-refractivity contribution in [3.05, 3.63) is 35.9 Å². The highest BCUT2D eigenvalue weighted by Crippen LogP contribution is 2.18. The average Bonchev–Trinajstić information content (AvgIpc) is 2.57. The number of hydrogen-bond donors (Lipinski definition) is 2. The van der Waals surface area contributed by atoms with E-state index in [4.69, 9.17) is 5.73 Å². The molecule has 0 saturated carbocycles. The van der Waals surface area contributed by atoms with Crippen molar-refractivity contribution in [2.24, 2.45) is 11.7 Å². The summed E-state index contributed by atoms with van der Waals surface area (Å²) < 4.78 is 0. The van der Waals surface area contributed by atoms with Crippen LogP contribution in [-0.4, -0.2) is 42.9 Å². The van der Waals surface area contributed by atoms with E-state index in [1.807, 2.05) is 18.2 Å². The van der Waals surface area contributed by atoms with Crippen LogP contribution in [0.2, 0.25) is 0 Å². The number of carbonyl (C=O) groups excluding carboxylic acids is 2. The second-order valence-corrected chi connectivity index (χ2v) is 6.27. The smallest absolute Gasteiger partial charge is 0.234 e. The van der Waals surface area contributed by atoms with Gasteiger partial charge < -0.3 is 11.1 Å². The van der Waals surface area contributed by atoms with E-state index in [1.54, 1.807) is 0 Å². The van der Waals surface area contributed by atoms with E-state index in [0.29, 0.717) is 19.0 Å². The van der Waals surface area contributed by atoms with Gasteiger partial charge in [-0.1, -0.05) is 37.3 Å². The minimum Gasteiger partial charge on any atom is -0.369 e. The number of benzene rings is 1. The van der Waals surface area contributed by atoms with Gasteiger partial charge in [0.05, 0.1) is 6.54 Å². The highest BCUT2D eigenvalue weighted by Gasteiger charge is 2.24. The lowest BCUT2D eigenvalue weighted by Crippen LogP contribution is -2.44. The van der Waals surface area contributed by atoms with E-state index in [2.05, 4.69) is 29.3 Å². The fourth-order valence-corrected chi connectivity index (χ4v) is 3.09. The number of primary amides is 1. The molecule has 0 aliphatic carbocycles. The van der Waals surface area contributed by atoms with Crippen LogP contribution in [0, 0.1) is 5.92 Å². The van der Waals surface area contributed by atoms with Crippen molar-refractivity contribution >= 4 is 11.8 Å². The molecular weight excluding hydrogens is 290 g/mol. The number of piperidine rings is 1. The molecule has 1 saturated heterocycles. The number of amides is 2. The van der Waals surface area contributed by atoms with Crippen LogP contribution in [0.15, 0.2) is 30.3 Å². The third-order valence-corrected chi connectivity index (χ3v) is 4.67. The largest absolute Gasteiger partial charge is 0.369 e. The maximum atomic E-state index is 12.1. The van der Waals surface area contributed by atoms with Crippen molar-refractivity contribution in [2.45, 2.75) is 32.1 Å². The predicted molar refractivity (Wildman–Crippen MR) is 90.8 cm³/mol. The van der Waals surface area contributed by atoms with Crippen LogP contribution >= 0.6 is 0 Å². The molecule has 5 heteroatoms. The summed E-state index contributed by atoms with van der Waals surface area (Å²) in [6, 6.07) is 10.3. The Hall–Kier alpha value is -1.88. The molecular formula is C18H27N3O2. The van der Waals surface area contributed by atoms with Crippen molar-refractivity contribution in [3.8, 4) is 0 Å². The van der Waals surface area contributed by atoms with Gasteiger partial charge >= 0.3 is 0 Å². The van der Waals surface area contributed by atoms with Gasteiger partial charge in [0.1, 0.15) is 0 Å². The van der Waals surface area contributed by atoms with E-state index in [0.717, 1.165) is 32.4 Å². The van der Waals surface area contributed by atoms with Gasteiger partial charge in [-0.05, 0) is 37.9 Å². The second-order valence-electron chi connectivity index (χ2n) is 6.27. The number of rotatable bonds is 7. The monoisotopic (exact) mass is 317 g/mol. The summed E-state index contributed by atoms with van der Waals surface area (Å²) in [7, 11) is 0. The molecule has 1 aromatic carbocycles. The minimum atomic E-state index is -0.220. The highest BCUT2D eigenvalue weighted by atomic mass is 16.2. The van der Waals surface area contributed by atoms with Crippen LogP contribution in [0.3, 0.4) is 0 Å². The predicted octanol–water partition coefficient (Wildman–Crippen LogP) is 1.49. The van der Waals surface area contributed by atoms with Gasteiger partial charge in [-0.25, -0.2) is 0 Å². The second kappa shape index (κ2) is 8.67. The molecule has 1 heterocycles. The zero-order valence-corrected chi connectivity index (χ0v) is 13.8. The number of hydrogen-bond acceptors (Lipinski definition) is 3. The number of nitrogens with one attached hydrogen (secondary N) is 1. The zero-order valence-electron chi connectivity index (χ0n) is 13.8. The number of nitrogens with two attached hydrogens (primary N) is 1. The van der Waals surface area contributed by atoms with Crippen molar-refractivity contribution in [2.75, 3.05) is 26.2 Å². The normalized spacial score (nSPS) is 17.6. The molecule has 0 unspecified atom stereocenters. The number of nitrogens with zero attached hydrogens (tertiary/aromatic N) is 1.